The second-order valence-electron chi connectivity index (χ2n) is 6.66. The molecular weight excluding hydrogens is 346 g/mol. The number of benzene rings is 4. The largest absolute Gasteiger partial charge is 0.338 e. The van der Waals surface area contributed by atoms with Crippen molar-refractivity contribution in [2.24, 2.45) is 0 Å². The number of nitrogens with one attached hydrogen (secondary N) is 2. The molecule has 0 spiro atoms. The quantitative estimate of drug-likeness (QED) is 0.436. The van der Waals surface area contributed by atoms with Gasteiger partial charge in [0.2, 0.25) is 0 Å². The van der Waals surface area contributed by atoms with E-state index in [4.69, 9.17) is 0 Å². The molecule has 0 aliphatic carbocycles. The fourth-order valence-corrected chi connectivity index (χ4v) is 3.40. The zero-order valence-electron chi connectivity index (χ0n) is 15.0. The summed E-state index contributed by atoms with van der Waals surface area (Å²) in [6, 6.07) is 29.3. The molecule has 134 valence electrons. The minimum atomic E-state index is -0.144. The lowest BCUT2D eigenvalue weighted by atomic mass is 10.1. The third kappa shape index (κ3) is 2.91. The molecule has 0 bridgehead atoms. The number of imidazole rings is 1. The summed E-state index contributed by atoms with van der Waals surface area (Å²) < 4.78 is 0. The number of hydrogen-bond acceptors (Lipinski definition) is 2. The molecule has 1 heterocycles. The van der Waals surface area contributed by atoms with Gasteiger partial charge in [0, 0.05) is 11.1 Å². The lowest BCUT2D eigenvalue weighted by Crippen LogP contribution is -2.12. The van der Waals surface area contributed by atoms with Crippen LogP contribution in [0, 0.1) is 0 Å². The Kier molecular flexibility index (Phi) is 3.87. The van der Waals surface area contributed by atoms with Crippen molar-refractivity contribution in [3.05, 3.63) is 96.6 Å². The maximum Gasteiger partial charge on any atom is 0.255 e. The summed E-state index contributed by atoms with van der Waals surface area (Å²) in [5.41, 5.74) is 4.06. The van der Waals surface area contributed by atoms with Gasteiger partial charge in [-0.1, -0.05) is 54.6 Å². The Morgan fingerprint density at radius 2 is 1.54 bits per heavy atom. The van der Waals surface area contributed by atoms with Gasteiger partial charge in [-0.25, -0.2) is 4.98 Å². The first-order valence-electron chi connectivity index (χ1n) is 9.12. The molecule has 0 fully saturated rings. The average molecular weight is 363 g/mol. The first-order chi connectivity index (χ1) is 13.8. The lowest BCUT2D eigenvalue weighted by Gasteiger charge is -2.10. The second-order valence-corrected chi connectivity index (χ2v) is 6.66. The van der Waals surface area contributed by atoms with Crippen molar-refractivity contribution < 1.29 is 4.79 Å². The molecule has 1 aromatic heterocycles. The molecule has 0 saturated carbocycles. The molecule has 28 heavy (non-hydrogen) atoms. The van der Waals surface area contributed by atoms with E-state index in [-0.39, 0.29) is 5.91 Å². The van der Waals surface area contributed by atoms with Gasteiger partial charge in [0.1, 0.15) is 5.82 Å². The van der Waals surface area contributed by atoms with Crippen LogP contribution >= 0.6 is 0 Å². The predicted molar refractivity (Wildman–Crippen MR) is 113 cm³/mol. The second kappa shape index (κ2) is 6.67. The third-order valence-corrected chi connectivity index (χ3v) is 4.83. The van der Waals surface area contributed by atoms with Crippen molar-refractivity contribution in [3.63, 3.8) is 0 Å². The molecular formula is C24H17N3O. The Balaban J connectivity index is 1.50. The molecule has 4 heteroatoms. The molecule has 4 nitrogen and oxygen atoms in total. The summed E-state index contributed by atoms with van der Waals surface area (Å²) in [5, 5.41) is 5.19. The SMILES string of the molecule is O=C(Nc1ccccc1-c1nc2ccccc2[nH]1)c1ccc2ccccc2c1. The molecule has 5 aromatic rings. The van der Waals surface area contributed by atoms with Crippen LogP contribution in [0.25, 0.3) is 33.2 Å². The van der Waals surface area contributed by atoms with Gasteiger partial charge in [-0.05, 0) is 47.2 Å². The molecule has 5 rings (SSSR count). The highest BCUT2D eigenvalue weighted by atomic mass is 16.1. The van der Waals surface area contributed by atoms with E-state index in [9.17, 15) is 4.79 Å². The number of nitrogens with zero attached hydrogens (tertiary/aromatic N) is 1. The Labute approximate surface area is 161 Å². The minimum Gasteiger partial charge on any atom is -0.338 e. The highest BCUT2D eigenvalue weighted by Gasteiger charge is 2.13. The highest BCUT2D eigenvalue weighted by Crippen LogP contribution is 2.28. The van der Waals surface area contributed by atoms with E-state index in [0.717, 1.165) is 38.9 Å². The van der Waals surface area contributed by atoms with E-state index in [1.807, 2.05) is 91.0 Å². The molecule has 4 aromatic carbocycles. The smallest absolute Gasteiger partial charge is 0.255 e. The number of rotatable bonds is 3. The van der Waals surface area contributed by atoms with E-state index in [2.05, 4.69) is 15.3 Å². The van der Waals surface area contributed by atoms with Gasteiger partial charge in [-0.3, -0.25) is 4.79 Å². The molecule has 0 atom stereocenters. The summed E-state index contributed by atoms with van der Waals surface area (Å²) in [6.45, 7) is 0. The number of fused-ring (bicyclic) bond motifs is 2. The summed E-state index contributed by atoms with van der Waals surface area (Å²) in [5.74, 6) is 0.588. The van der Waals surface area contributed by atoms with Crippen LogP contribution in [-0.2, 0) is 0 Å². The van der Waals surface area contributed by atoms with Crippen LogP contribution in [0.15, 0.2) is 91.0 Å². The van der Waals surface area contributed by atoms with Crippen LogP contribution in [0.1, 0.15) is 10.4 Å². The van der Waals surface area contributed by atoms with Crippen molar-refractivity contribution in [1.29, 1.82) is 0 Å². The zero-order chi connectivity index (χ0) is 18.9. The number of aromatic nitrogens is 2. The van der Waals surface area contributed by atoms with Crippen LogP contribution in [-0.4, -0.2) is 15.9 Å². The van der Waals surface area contributed by atoms with Crippen LogP contribution in [0.4, 0.5) is 5.69 Å². The van der Waals surface area contributed by atoms with Crippen LogP contribution < -0.4 is 5.32 Å². The van der Waals surface area contributed by atoms with E-state index >= 15 is 0 Å². The van der Waals surface area contributed by atoms with Crippen molar-refractivity contribution in [2.45, 2.75) is 0 Å². The molecule has 0 saturated heterocycles. The summed E-state index contributed by atoms with van der Waals surface area (Å²) >= 11 is 0. The zero-order valence-corrected chi connectivity index (χ0v) is 15.0. The van der Waals surface area contributed by atoms with Gasteiger partial charge < -0.3 is 10.3 Å². The Morgan fingerprint density at radius 3 is 2.43 bits per heavy atom. The molecule has 1 amide bonds. The number of carbonyl (C=O) groups excluding carboxylic acids is 1. The third-order valence-electron chi connectivity index (χ3n) is 4.83. The number of carbonyl (C=O) groups is 1. The number of H-pyrrole nitrogens is 1. The van der Waals surface area contributed by atoms with E-state index < -0.39 is 0 Å². The Morgan fingerprint density at radius 1 is 0.786 bits per heavy atom. The Bertz CT molecular complexity index is 1290. The van der Waals surface area contributed by atoms with Gasteiger partial charge in [0.15, 0.2) is 0 Å². The van der Waals surface area contributed by atoms with E-state index in [1.54, 1.807) is 0 Å². The Hall–Kier alpha value is -3.92. The number of hydrogen-bond donors (Lipinski definition) is 2. The lowest BCUT2D eigenvalue weighted by molar-refractivity contribution is 0.102. The van der Waals surface area contributed by atoms with Gasteiger partial charge in [0.25, 0.3) is 5.91 Å². The first-order valence-corrected chi connectivity index (χ1v) is 9.12. The van der Waals surface area contributed by atoms with E-state index in [0.29, 0.717) is 5.56 Å². The van der Waals surface area contributed by atoms with Gasteiger partial charge in [0.05, 0.1) is 16.7 Å². The monoisotopic (exact) mass is 363 g/mol. The number of amides is 1. The molecule has 0 radical (unpaired) electrons. The maximum absolute atomic E-state index is 12.9. The average Bonchev–Trinajstić information content (AvgIpc) is 3.18. The standard InChI is InChI=1S/C24H17N3O/c28-24(18-14-13-16-7-1-2-8-17(16)15-18)27-20-10-4-3-9-19(20)23-25-21-11-5-6-12-22(21)26-23/h1-15H,(H,25,26)(H,27,28). The molecule has 0 aliphatic heterocycles. The number of aromatic amines is 1. The molecule has 0 aliphatic rings. The topological polar surface area (TPSA) is 57.8 Å². The summed E-state index contributed by atoms with van der Waals surface area (Å²) in [4.78, 5) is 20.9. The first kappa shape index (κ1) is 16.3. The van der Waals surface area contributed by atoms with Crippen molar-refractivity contribution in [2.75, 3.05) is 5.32 Å². The van der Waals surface area contributed by atoms with Gasteiger partial charge in [-0.2, -0.15) is 0 Å². The summed E-state index contributed by atoms with van der Waals surface area (Å²) in [7, 11) is 0. The van der Waals surface area contributed by atoms with Gasteiger partial charge >= 0.3 is 0 Å². The fraction of sp³-hybridized carbons (Fsp3) is 0. The van der Waals surface area contributed by atoms with Crippen molar-refractivity contribution in [1.82, 2.24) is 9.97 Å². The summed E-state index contributed by atoms with van der Waals surface area (Å²) in [6.07, 6.45) is 0. The van der Waals surface area contributed by atoms with Crippen LogP contribution in [0.5, 0.6) is 0 Å². The van der Waals surface area contributed by atoms with Crippen LogP contribution in [0.2, 0.25) is 0 Å². The van der Waals surface area contributed by atoms with Crippen LogP contribution in [0.3, 0.4) is 0 Å². The molecule has 2 N–H and O–H groups in total. The number of anilines is 1. The van der Waals surface area contributed by atoms with Crippen molar-refractivity contribution in [3.8, 4) is 11.4 Å². The van der Waals surface area contributed by atoms with E-state index in [1.165, 1.54) is 0 Å². The van der Waals surface area contributed by atoms with Crippen molar-refractivity contribution >= 4 is 33.4 Å². The maximum atomic E-state index is 12.9. The highest BCUT2D eigenvalue weighted by molar-refractivity contribution is 6.08. The normalized spacial score (nSPS) is 11.0. The van der Waals surface area contributed by atoms with Gasteiger partial charge in [-0.15, -0.1) is 0 Å². The fourth-order valence-electron chi connectivity index (χ4n) is 3.40. The predicted octanol–water partition coefficient (Wildman–Crippen LogP) is 5.64. The molecule has 0 unspecified atom stereocenters. The minimum absolute atomic E-state index is 0.144. The number of para-hydroxylation sites is 3.